The summed E-state index contributed by atoms with van der Waals surface area (Å²) in [5.74, 6) is 2.06. The molecule has 0 amide bonds. The summed E-state index contributed by atoms with van der Waals surface area (Å²) in [5, 5.41) is 0. The summed E-state index contributed by atoms with van der Waals surface area (Å²) in [6.07, 6.45) is 13.0. The lowest BCUT2D eigenvalue weighted by atomic mass is 9.44. The van der Waals surface area contributed by atoms with Gasteiger partial charge in [-0.15, -0.1) is 0 Å². The zero-order valence-electron chi connectivity index (χ0n) is 17.4. The van der Waals surface area contributed by atoms with Crippen LogP contribution in [0.4, 0.5) is 0 Å². The zero-order chi connectivity index (χ0) is 19.9. The molecule has 1 saturated heterocycles. The minimum Gasteiger partial charge on any atom is -0.467 e. The first-order valence-electron chi connectivity index (χ1n) is 11.7. The number of cyclic esters (lactones) is 1. The fraction of sp³-hybridized carbons (Fsp3) is 0.833. The highest BCUT2D eigenvalue weighted by atomic mass is 16.6. The molecule has 2 heterocycles. The minimum absolute atomic E-state index is 0.0380. The van der Waals surface area contributed by atoms with Gasteiger partial charge in [-0.25, -0.2) is 4.79 Å². The summed E-state index contributed by atoms with van der Waals surface area (Å²) < 4.78 is 17.4. The molecule has 5 heteroatoms. The maximum Gasteiger partial charge on any atom is 0.331 e. The molecule has 4 saturated carbocycles. The Morgan fingerprint density at radius 1 is 1.17 bits per heavy atom. The fourth-order valence-electron chi connectivity index (χ4n) is 9.13. The molecule has 1 spiro atoms. The summed E-state index contributed by atoms with van der Waals surface area (Å²) in [6, 6.07) is 0. The molecular weight excluding hydrogens is 368 g/mol. The molecule has 0 aromatic heterocycles. The molecule has 2 aliphatic heterocycles. The first-order chi connectivity index (χ1) is 14.0. The largest absolute Gasteiger partial charge is 0.467 e. The van der Waals surface area contributed by atoms with Crippen molar-refractivity contribution in [1.29, 1.82) is 0 Å². The quantitative estimate of drug-likeness (QED) is 0.408. The van der Waals surface area contributed by atoms with E-state index in [1.165, 1.54) is 50.5 Å². The van der Waals surface area contributed by atoms with Gasteiger partial charge in [-0.1, -0.05) is 19.8 Å². The molecule has 0 N–H and O–H groups in total. The van der Waals surface area contributed by atoms with Crippen molar-refractivity contribution in [1.82, 2.24) is 0 Å². The van der Waals surface area contributed by atoms with E-state index in [2.05, 4.69) is 6.92 Å². The van der Waals surface area contributed by atoms with E-state index in [0.717, 1.165) is 12.8 Å². The third-order valence-corrected chi connectivity index (χ3v) is 10.3. The van der Waals surface area contributed by atoms with Crippen LogP contribution >= 0.6 is 0 Å². The first-order valence-corrected chi connectivity index (χ1v) is 11.7. The highest BCUT2D eigenvalue weighted by molar-refractivity contribution is 5.85. The highest BCUT2D eigenvalue weighted by Gasteiger charge is 2.81. The number of hydrogen-bond acceptors (Lipinski definition) is 5. The van der Waals surface area contributed by atoms with Crippen molar-refractivity contribution in [2.24, 2.45) is 34.5 Å². The van der Waals surface area contributed by atoms with E-state index in [4.69, 9.17) is 14.2 Å². The Hall–Kier alpha value is -1.36. The molecule has 5 fully saturated rings. The standard InChI is InChI=1S/C24H32O5/c1-22-9-7-17-18(6-5-16-4-2-3-8-23(16,17)13-27-14-25)24(22)20(29-24)11-19(22)15-10-21(26)28-12-15/h10,14,16-20H,2-9,11-13H2,1H3/t16-,17-,18+,19+,20+,22+,23+,24+/m0/s1. The summed E-state index contributed by atoms with van der Waals surface area (Å²) in [6.45, 7) is 4.14. The summed E-state index contributed by atoms with van der Waals surface area (Å²) >= 11 is 0. The van der Waals surface area contributed by atoms with Crippen LogP contribution in [0.3, 0.4) is 0 Å². The molecule has 0 bridgehead atoms. The predicted molar refractivity (Wildman–Crippen MR) is 105 cm³/mol. The number of hydrogen-bond donors (Lipinski definition) is 0. The van der Waals surface area contributed by atoms with Gasteiger partial charge in [-0.3, -0.25) is 4.79 Å². The van der Waals surface area contributed by atoms with Gasteiger partial charge in [-0.2, -0.15) is 0 Å². The normalized spacial score (nSPS) is 52.4. The average Bonchev–Trinajstić information content (AvgIpc) is 3.19. The Morgan fingerprint density at radius 2 is 2.07 bits per heavy atom. The Bertz CT molecular complexity index is 775. The number of carbonyl (C=O) groups excluding carboxylic acids is 2. The Balaban J connectivity index is 1.35. The molecular formula is C24H32O5. The molecule has 8 atom stereocenters. The van der Waals surface area contributed by atoms with Crippen LogP contribution in [0.1, 0.15) is 64.7 Å². The van der Waals surface area contributed by atoms with Gasteiger partial charge in [0.15, 0.2) is 0 Å². The third-order valence-electron chi connectivity index (χ3n) is 10.3. The van der Waals surface area contributed by atoms with Crippen LogP contribution in [-0.4, -0.2) is 37.4 Å². The average molecular weight is 401 g/mol. The van der Waals surface area contributed by atoms with Gasteiger partial charge in [-0.05, 0) is 74.2 Å². The van der Waals surface area contributed by atoms with Crippen molar-refractivity contribution in [3.63, 3.8) is 0 Å². The number of rotatable bonds is 4. The van der Waals surface area contributed by atoms with E-state index in [1.54, 1.807) is 6.08 Å². The molecule has 0 radical (unpaired) electrons. The number of ether oxygens (including phenoxy) is 3. The third kappa shape index (κ3) is 2.21. The summed E-state index contributed by atoms with van der Waals surface area (Å²) in [7, 11) is 0. The summed E-state index contributed by atoms with van der Waals surface area (Å²) in [4.78, 5) is 22.8. The van der Waals surface area contributed by atoms with Crippen LogP contribution in [0.5, 0.6) is 0 Å². The highest BCUT2D eigenvalue weighted by Crippen LogP contribution is 2.77. The van der Waals surface area contributed by atoms with Crippen LogP contribution in [0.25, 0.3) is 0 Å². The van der Waals surface area contributed by atoms with Crippen molar-refractivity contribution in [2.45, 2.75) is 76.4 Å². The maximum absolute atomic E-state index is 11.7. The first kappa shape index (κ1) is 18.4. The van der Waals surface area contributed by atoms with Crippen molar-refractivity contribution in [3.8, 4) is 0 Å². The van der Waals surface area contributed by atoms with Gasteiger partial charge in [0, 0.05) is 16.9 Å². The molecule has 0 aromatic rings. The molecule has 29 heavy (non-hydrogen) atoms. The Morgan fingerprint density at radius 3 is 2.86 bits per heavy atom. The van der Waals surface area contributed by atoms with E-state index in [1.807, 2.05) is 0 Å². The number of fused-ring (bicyclic) bond motifs is 3. The van der Waals surface area contributed by atoms with Crippen LogP contribution in [-0.2, 0) is 23.8 Å². The van der Waals surface area contributed by atoms with E-state index >= 15 is 0 Å². The second kappa shape index (κ2) is 6.09. The van der Waals surface area contributed by atoms with E-state index in [-0.39, 0.29) is 22.4 Å². The van der Waals surface area contributed by atoms with E-state index < -0.39 is 0 Å². The Kier molecular flexibility index (Phi) is 3.86. The Labute approximate surface area is 172 Å². The molecule has 0 unspecified atom stereocenters. The van der Waals surface area contributed by atoms with Gasteiger partial charge >= 0.3 is 5.97 Å². The number of esters is 1. The van der Waals surface area contributed by atoms with E-state index in [0.29, 0.717) is 49.5 Å². The fourth-order valence-corrected chi connectivity index (χ4v) is 9.13. The topological polar surface area (TPSA) is 65.1 Å². The minimum atomic E-state index is -0.180. The van der Waals surface area contributed by atoms with Gasteiger partial charge in [0.2, 0.25) is 0 Å². The van der Waals surface area contributed by atoms with E-state index in [9.17, 15) is 9.59 Å². The molecule has 6 rings (SSSR count). The molecule has 5 nitrogen and oxygen atoms in total. The van der Waals surface area contributed by atoms with Gasteiger partial charge in [0.1, 0.15) is 12.2 Å². The zero-order valence-corrected chi connectivity index (χ0v) is 17.4. The smallest absolute Gasteiger partial charge is 0.331 e. The SMILES string of the molecule is C[C@]12CC[C@H]3[C@@H](CC[C@@H]4CCCC[C@@]43COC=O)[C@]13O[C@@H]3C[C@@H]2C1=CC(=O)OC1. The van der Waals surface area contributed by atoms with Crippen molar-refractivity contribution >= 4 is 12.4 Å². The van der Waals surface area contributed by atoms with Crippen molar-refractivity contribution in [2.75, 3.05) is 13.2 Å². The van der Waals surface area contributed by atoms with Crippen LogP contribution in [0.15, 0.2) is 11.6 Å². The van der Waals surface area contributed by atoms with Crippen LogP contribution in [0.2, 0.25) is 0 Å². The number of carbonyl (C=O) groups is 2. The van der Waals surface area contributed by atoms with Gasteiger partial charge in [0.25, 0.3) is 6.47 Å². The summed E-state index contributed by atoms with van der Waals surface area (Å²) in [5.41, 5.74) is 1.39. The van der Waals surface area contributed by atoms with Gasteiger partial charge in [0.05, 0.1) is 12.7 Å². The van der Waals surface area contributed by atoms with Crippen LogP contribution < -0.4 is 0 Å². The second-order valence-electron chi connectivity index (χ2n) is 10.8. The van der Waals surface area contributed by atoms with Crippen molar-refractivity contribution in [3.05, 3.63) is 11.6 Å². The lowest BCUT2D eigenvalue weighted by molar-refractivity contribution is -0.166. The lowest BCUT2D eigenvalue weighted by Crippen LogP contribution is -2.60. The maximum atomic E-state index is 11.7. The number of epoxide rings is 1. The predicted octanol–water partition coefficient (Wildman–Crippen LogP) is 3.80. The molecule has 158 valence electrons. The lowest BCUT2D eigenvalue weighted by Gasteiger charge is -2.61. The van der Waals surface area contributed by atoms with Crippen molar-refractivity contribution < 1.29 is 23.8 Å². The molecule has 4 aliphatic carbocycles. The monoisotopic (exact) mass is 400 g/mol. The van der Waals surface area contributed by atoms with Crippen LogP contribution in [0, 0.1) is 34.5 Å². The molecule has 0 aromatic carbocycles. The second-order valence-corrected chi connectivity index (χ2v) is 10.8. The van der Waals surface area contributed by atoms with Gasteiger partial charge < -0.3 is 14.2 Å². The molecule has 6 aliphatic rings.